The van der Waals surface area contributed by atoms with Crippen LogP contribution in [0, 0.1) is 5.92 Å². The summed E-state index contributed by atoms with van der Waals surface area (Å²) < 4.78 is 5.25. The molecular weight excluding hydrogens is 196 g/mol. The van der Waals surface area contributed by atoms with Crippen molar-refractivity contribution < 1.29 is 9.84 Å². The molecule has 0 aromatic carbocycles. The zero-order valence-electron chi connectivity index (χ0n) is 8.83. The summed E-state index contributed by atoms with van der Waals surface area (Å²) in [6.45, 7) is 1.49. The molecule has 1 aromatic heterocycles. The topological polar surface area (TPSA) is 73.1 Å². The van der Waals surface area contributed by atoms with Crippen molar-refractivity contribution in [3.8, 4) is 0 Å². The Morgan fingerprint density at radius 1 is 1.53 bits per heavy atom. The van der Waals surface area contributed by atoms with Crippen LogP contribution in [0.25, 0.3) is 0 Å². The van der Waals surface area contributed by atoms with Crippen molar-refractivity contribution in [2.24, 2.45) is 13.0 Å². The number of ether oxygens (including phenoxy) is 1. The second-order valence-electron chi connectivity index (χ2n) is 3.92. The van der Waals surface area contributed by atoms with Crippen LogP contribution in [-0.2, 0) is 18.2 Å². The fourth-order valence-corrected chi connectivity index (χ4v) is 1.86. The van der Waals surface area contributed by atoms with Crippen LogP contribution in [0.1, 0.15) is 18.7 Å². The quantitative estimate of drug-likeness (QED) is 0.734. The molecule has 0 radical (unpaired) electrons. The molecule has 6 nitrogen and oxygen atoms in total. The number of nitrogens with zero attached hydrogens (tertiary/aromatic N) is 4. The predicted molar refractivity (Wildman–Crippen MR) is 52.1 cm³/mol. The molecule has 0 saturated carbocycles. The fourth-order valence-electron chi connectivity index (χ4n) is 1.86. The highest BCUT2D eigenvalue weighted by Crippen LogP contribution is 2.20. The number of hydrogen-bond donors (Lipinski definition) is 1. The van der Waals surface area contributed by atoms with E-state index in [0.717, 1.165) is 26.1 Å². The minimum absolute atomic E-state index is 0.308. The van der Waals surface area contributed by atoms with Gasteiger partial charge in [0.15, 0.2) is 5.82 Å². The summed E-state index contributed by atoms with van der Waals surface area (Å²) in [5, 5.41) is 21.6. The molecule has 0 amide bonds. The maximum Gasteiger partial charge on any atom is 0.177 e. The van der Waals surface area contributed by atoms with Gasteiger partial charge >= 0.3 is 0 Å². The molecule has 1 unspecified atom stereocenters. The van der Waals surface area contributed by atoms with E-state index in [4.69, 9.17) is 4.74 Å². The highest BCUT2D eigenvalue weighted by atomic mass is 16.5. The molecule has 1 N–H and O–H groups in total. The van der Waals surface area contributed by atoms with Crippen LogP contribution >= 0.6 is 0 Å². The van der Waals surface area contributed by atoms with Gasteiger partial charge in [-0.3, -0.25) is 0 Å². The molecule has 1 aliphatic heterocycles. The molecule has 0 bridgehead atoms. The van der Waals surface area contributed by atoms with Gasteiger partial charge in [-0.05, 0) is 24.0 Å². The van der Waals surface area contributed by atoms with E-state index >= 15 is 0 Å². The monoisotopic (exact) mass is 212 g/mol. The Labute approximate surface area is 88.2 Å². The Morgan fingerprint density at radius 3 is 2.87 bits per heavy atom. The van der Waals surface area contributed by atoms with E-state index in [1.54, 1.807) is 7.05 Å². The highest BCUT2D eigenvalue weighted by molar-refractivity contribution is 4.84. The average molecular weight is 212 g/mol. The minimum atomic E-state index is -0.377. The molecule has 1 fully saturated rings. The Balaban J connectivity index is 1.88. The number of tetrazole rings is 1. The van der Waals surface area contributed by atoms with Crippen LogP contribution in [0.3, 0.4) is 0 Å². The fraction of sp³-hybridized carbons (Fsp3) is 0.889. The number of rotatable bonds is 3. The summed E-state index contributed by atoms with van der Waals surface area (Å²) in [7, 11) is 1.72. The van der Waals surface area contributed by atoms with Crippen molar-refractivity contribution in [2.75, 3.05) is 13.2 Å². The molecule has 1 aromatic rings. The number of aliphatic hydroxyl groups excluding tert-OH is 1. The summed E-state index contributed by atoms with van der Waals surface area (Å²) in [5.74, 6) is 0.916. The van der Waals surface area contributed by atoms with Gasteiger partial charge in [0.2, 0.25) is 0 Å². The number of aliphatic hydroxyl groups is 1. The van der Waals surface area contributed by atoms with E-state index < -0.39 is 0 Å². The summed E-state index contributed by atoms with van der Waals surface area (Å²) in [5.41, 5.74) is 0. The molecule has 84 valence electrons. The molecule has 2 heterocycles. The van der Waals surface area contributed by atoms with Crippen molar-refractivity contribution in [3.63, 3.8) is 0 Å². The molecule has 2 rings (SSSR count). The Morgan fingerprint density at radius 2 is 2.27 bits per heavy atom. The smallest absolute Gasteiger partial charge is 0.177 e. The summed E-state index contributed by atoms with van der Waals surface area (Å²) in [6, 6.07) is 0. The van der Waals surface area contributed by atoms with Gasteiger partial charge in [-0.1, -0.05) is 0 Å². The van der Waals surface area contributed by atoms with Gasteiger partial charge in [-0.2, -0.15) is 4.80 Å². The first-order chi connectivity index (χ1) is 7.25. The van der Waals surface area contributed by atoms with Gasteiger partial charge in [0.1, 0.15) is 0 Å². The number of aromatic nitrogens is 4. The molecular formula is C9H16N4O2. The first-order valence-corrected chi connectivity index (χ1v) is 5.24. The van der Waals surface area contributed by atoms with Gasteiger partial charge < -0.3 is 9.84 Å². The molecule has 1 aliphatic rings. The van der Waals surface area contributed by atoms with E-state index in [0.29, 0.717) is 18.2 Å². The molecule has 1 saturated heterocycles. The van der Waals surface area contributed by atoms with Gasteiger partial charge in [0.05, 0.1) is 13.2 Å². The lowest BCUT2D eigenvalue weighted by Gasteiger charge is -2.25. The molecule has 0 aliphatic carbocycles. The Hall–Kier alpha value is -1.01. The maximum atomic E-state index is 9.96. The van der Waals surface area contributed by atoms with Crippen LogP contribution < -0.4 is 0 Å². The normalized spacial score (nSPS) is 20.4. The van der Waals surface area contributed by atoms with Gasteiger partial charge in [0.25, 0.3) is 0 Å². The largest absolute Gasteiger partial charge is 0.392 e. The third kappa shape index (κ3) is 2.73. The van der Waals surface area contributed by atoms with Crippen LogP contribution in [-0.4, -0.2) is 44.6 Å². The third-order valence-corrected chi connectivity index (χ3v) is 2.75. The van der Waals surface area contributed by atoms with E-state index in [2.05, 4.69) is 15.4 Å². The van der Waals surface area contributed by atoms with E-state index in [1.807, 2.05) is 0 Å². The Kier molecular flexibility index (Phi) is 3.27. The predicted octanol–water partition coefficient (Wildman–Crippen LogP) is -0.460. The number of hydrogen-bond acceptors (Lipinski definition) is 5. The second kappa shape index (κ2) is 4.67. The maximum absolute atomic E-state index is 9.96. The second-order valence-corrected chi connectivity index (χ2v) is 3.92. The lowest BCUT2D eigenvalue weighted by Crippen LogP contribution is -2.29. The van der Waals surface area contributed by atoms with Crippen molar-refractivity contribution in [2.45, 2.75) is 25.4 Å². The average Bonchev–Trinajstić information content (AvgIpc) is 2.65. The molecule has 6 heteroatoms. The van der Waals surface area contributed by atoms with Crippen molar-refractivity contribution in [1.82, 2.24) is 20.2 Å². The van der Waals surface area contributed by atoms with Crippen molar-refractivity contribution >= 4 is 0 Å². The minimum Gasteiger partial charge on any atom is -0.392 e. The van der Waals surface area contributed by atoms with E-state index in [-0.39, 0.29) is 6.10 Å². The zero-order chi connectivity index (χ0) is 10.7. The standard InChI is InChI=1S/C9H16N4O2/c1-13-11-9(10-12-13)6-8(14)7-2-4-15-5-3-7/h7-8,14H,2-6H2,1H3. The first kappa shape index (κ1) is 10.5. The van der Waals surface area contributed by atoms with Crippen molar-refractivity contribution in [3.05, 3.63) is 5.82 Å². The SMILES string of the molecule is Cn1nnc(CC(O)C2CCOCC2)n1. The van der Waals surface area contributed by atoms with Gasteiger partial charge in [-0.15, -0.1) is 10.2 Å². The lowest BCUT2D eigenvalue weighted by molar-refractivity contribution is 0.00767. The molecule has 0 spiro atoms. The number of aryl methyl sites for hydroxylation is 1. The van der Waals surface area contributed by atoms with E-state index in [1.165, 1.54) is 4.80 Å². The van der Waals surface area contributed by atoms with Gasteiger partial charge in [0, 0.05) is 19.6 Å². The third-order valence-electron chi connectivity index (χ3n) is 2.75. The lowest BCUT2D eigenvalue weighted by atomic mass is 9.92. The van der Waals surface area contributed by atoms with Gasteiger partial charge in [-0.25, -0.2) is 0 Å². The van der Waals surface area contributed by atoms with Crippen LogP contribution in [0.4, 0.5) is 0 Å². The van der Waals surface area contributed by atoms with Crippen molar-refractivity contribution in [1.29, 1.82) is 0 Å². The van der Waals surface area contributed by atoms with Crippen LogP contribution in [0.2, 0.25) is 0 Å². The van der Waals surface area contributed by atoms with Crippen LogP contribution in [0.15, 0.2) is 0 Å². The highest BCUT2D eigenvalue weighted by Gasteiger charge is 2.23. The van der Waals surface area contributed by atoms with Crippen LogP contribution in [0.5, 0.6) is 0 Å². The summed E-state index contributed by atoms with van der Waals surface area (Å²) in [6.07, 6.45) is 1.94. The zero-order valence-corrected chi connectivity index (χ0v) is 8.83. The summed E-state index contributed by atoms with van der Waals surface area (Å²) in [4.78, 5) is 1.41. The first-order valence-electron chi connectivity index (χ1n) is 5.24. The van der Waals surface area contributed by atoms with E-state index in [9.17, 15) is 5.11 Å². The molecule has 1 atom stereocenters. The summed E-state index contributed by atoms with van der Waals surface area (Å²) >= 11 is 0. The Bertz CT molecular complexity index is 309. The molecule has 15 heavy (non-hydrogen) atoms.